The number of aromatic nitrogens is 4. The Morgan fingerprint density at radius 3 is 2.54 bits per heavy atom. The molecule has 0 saturated carbocycles. The summed E-state index contributed by atoms with van der Waals surface area (Å²) in [6, 6.07) is 22.6. The smallest absolute Gasteiger partial charge is 0.278 e. The molecule has 1 N–H and O–H groups in total. The van der Waals surface area contributed by atoms with E-state index in [0.717, 1.165) is 22.4 Å². The molecule has 1 amide bonds. The van der Waals surface area contributed by atoms with Crippen LogP contribution >= 0.6 is 0 Å². The van der Waals surface area contributed by atoms with E-state index in [1.54, 1.807) is 37.7 Å². The first-order chi connectivity index (χ1) is 17.1. The summed E-state index contributed by atoms with van der Waals surface area (Å²) in [4.78, 5) is 21.4. The summed E-state index contributed by atoms with van der Waals surface area (Å²) in [5.74, 6) is 1.45. The third kappa shape index (κ3) is 4.96. The quantitative estimate of drug-likeness (QED) is 0.354. The number of carbonyl (C=O) groups is 1. The number of amides is 1. The van der Waals surface area contributed by atoms with Crippen LogP contribution in [0.5, 0.6) is 5.75 Å². The number of carbonyl (C=O) groups excluding carboxylic acids is 1. The Hall–Kier alpha value is -4.72. The third-order valence-electron chi connectivity index (χ3n) is 5.59. The predicted molar refractivity (Wildman–Crippen MR) is 132 cm³/mol. The van der Waals surface area contributed by atoms with E-state index in [0.29, 0.717) is 35.3 Å². The molecule has 0 radical (unpaired) electrons. The van der Waals surface area contributed by atoms with Crippen LogP contribution in [0.4, 0.5) is 5.69 Å². The lowest BCUT2D eigenvalue weighted by Gasteiger charge is -2.08. The molecule has 0 atom stereocenters. The number of methoxy groups -OCH3 is 1. The van der Waals surface area contributed by atoms with Crippen LogP contribution < -0.4 is 10.1 Å². The fraction of sp³-hybridized carbons (Fsp3) is 0.111. The van der Waals surface area contributed by atoms with Crippen molar-refractivity contribution in [1.82, 2.24) is 19.7 Å². The van der Waals surface area contributed by atoms with Crippen LogP contribution in [0.1, 0.15) is 21.5 Å². The Bertz CT molecular complexity index is 1450. The fourth-order valence-corrected chi connectivity index (χ4v) is 3.67. The lowest BCUT2D eigenvalue weighted by molar-refractivity contribution is 0.102. The molecule has 0 aliphatic heterocycles. The van der Waals surface area contributed by atoms with Crippen LogP contribution in [0.2, 0.25) is 0 Å². The lowest BCUT2D eigenvalue weighted by atomic mass is 10.1. The average molecular weight is 466 g/mol. The summed E-state index contributed by atoms with van der Waals surface area (Å²) in [7, 11) is 1.59. The van der Waals surface area contributed by atoms with Crippen LogP contribution in [-0.4, -0.2) is 32.7 Å². The second-order valence-electron chi connectivity index (χ2n) is 8.05. The van der Waals surface area contributed by atoms with Gasteiger partial charge >= 0.3 is 0 Å². The number of rotatable bonds is 7. The van der Waals surface area contributed by atoms with E-state index in [1.807, 2.05) is 66.2 Å². The summed E-state index contributed by atoms with van der Waals surface area (Å²) in [5, 5.41) is 7.01. The van der Waals surface area contributed by atoms with Crippen LogP contribution in [0.3, 0.4) is 0 Å². The molecule has 2 aromatic heterocycles. The fourth-order valence-electron chi connectivity index (χ4n) is 3.67. The maximum atomic E-state index is 12.5. The van der Waals surface area contributed by atoms with Gasteiger partial charge in [0.05, 0.1) is 13.4 Å². The van der Waals surface area contributed by atoms with E-state index in [9.17, 15) is 4.79 Å². The molecule has 5 rings (SSSR count). The maximum Gasteiger partial charge on any atom is 0.278 e. The minimum absolute atomic E-state index is 0.177. The van der Waals surface area contributed by atoms with Crippen molar-refractivity contribution >= 4 is 11.6 Å². The second-order valence-corrected chi connectivity index (χ2v) is 8.05. The second kappa shape index (κ2) is 9.64. The predicted octanol–water partition coefficient (Wildman–Crippen LogP) is 5.22. The summed E-state index contributed by atoms with van der Waals surface area (Å²) >= 11 is 0. The van der Waals surface area contributed by atoms with Gasteiger partial charge in [-0.2, -0.15) is 4.98 Å². The van der Waals surface area contributed by atoms with Crippen molar-refractivity contribution in [3.8, 4) is 28.7 Å². The first-order valence-electron chi connectivity index (χ1n) is 11.1. The molecule has 8 nitrogen and oxygen atoms in total. The molecule has 8 heteroatoms. The van der Waals surface area contributed by atoms with E-state index < -0.39 is 0 Å². The molecule has 2 heterocycles. The summed E-state index contributed by atoms with van der Waals surface area (Å²) in [6.45, 7) is 2.62. The van der Waals surface area contributed by atoms with Crippen molar-refractivity contribution in [1.29, 1.82) is 0 Å². The van der Waals surface area contributed by atoms with Crippen LogP contribution in [0.15, 0.2) is 89.8 Å². The number of nitrogens with one attached hydrogen (secondary N) is 1. The standard InChI is InChI=1S/C27H23N5O3/c1-18-5-3-4-6-23(18)25-30-27(35-31-25)24-16-32(17-28-24)15-19-7-11-21(12-8-19)29-26(33)20-9-13-22(34-2)14-10-20/h3-14,16-17H,15H2,1-2H3,(H,29,33). The normalized spacial score (nSPS) is 10.8. The molecule has 35 heavy (non-hydrogen) atoms. The van der Waals surface area contributed by atoms with E-state index in [1.165, 1.54) is 0 Å². The van der Waals surface area contributed by atoms with Crippen molar-refractivity contribution in [2.75, 3.05) is 12.4 Å². The first-order valence-corrected chi connectivity index (χ1v) is 11.1. The van der Waals surface area contributed by atoms with Crippen molar-refractivity contribution in [2.45, 2.75) is 13.5 Å². The van der Waals surface area contributed by atoms with Crippen molar-refractivity contribution < 1.29 is 14.1 Å². The SMILES string of the molecule is COc1ccc(C(=O)Nc2ccc(Cn3cnc(-c4nc(-c5ccccc5C)no4)c3)cc2)cc1. The van der Waals surface area contributed by atoms with Gasteiger partial charge in [-0.15, -0.1) is 0 Å². The highest BCUT2D eigenvalue weighted by atomic mass is 16.5. The molecule has 0 fully saturated rings. The zero-order valence-corrected chi connectivity index (χ0v) is 19.3. The van der Waals surface area contributed by atoms with Crippen molar-refractivity contribution in [2.24, 2.45) is 0 Å². The minimum Gasteiger partial charge on any atom is -0.497 e. The number of imidazole rings is 1. The molecular formula is C27H23N5O3. The Balaban J connectivity index is 1.23. The number of hydrogen-bond donors (Lipinski definition) is 1. The van der Waals surface area contributed by atoms with Gasteiger partial charge < -0.3 is 19.1 Å². The van der Waals surface area contributed by atoms with Gasteiger partial charge in [0.25, 0.3) is 11.8 Å². The first kappa shape index (κ1) is 22.1. The third-order valence-corrected chi connectivity index (χ3v) is 5.59. The topological polar surface area (TPSA) is 95.1 Å². The van der Waals surface area contributed by atoms with Gasteiger partial charge in [-0.25, -0.2) is 4.98 Å². The monoisotopic (exact) mass is 465 g/mol. The average Bonchev–Trinajstić information content (AvgIpc) is 3.55. The van der Waals surface area contributed by atoms with Crippen LogP contribution in [0, 0.1) is 6.92 Å². The molecule has 0 saturated heterocycles. The highest BCUT2D eigenvalue weighted by Crippen LogP contribution is 2.24. The molecule has 0 spiro atoms. The Morgan fingerprint density at radius 2 is 1.80 bits per heavy atom. The number of aryl methyl sites for hydroxylation is 1. The zero-order chi connectivity index (χ0) is 24.2. The molecule has 0 aliphatic carbocycles. The van der Waals surface area contributed by atoms with E-state index in [4.69, 9.17) is 9.26 Å². The summed E-state index contributed by atoms with van der Waals surface area (Å²) in [6.07, 6.45) is 3.60. The number of hydrogen-bond acceptors (Lipinski definition) is 6. The Labute approximate surface area is 202 Å². The molecule has 3 aromatic carbocycles. The molecular weight excluding hydrogens is 442 g/mol. The number of anilines is 1. The van der Waals surface area contributed by atoms with E-state index in [2.05, 4.69) is 20.4 Å². The molecule has 0 aliphatic rings. The number of benzene rings is 3. The van der Waals surface area contributed by atoms with Gasteiger partial charge in [0.15, 0.2) is 0 Å². The molecule has 0 bridgehead atoms. The highest BCUT2D eigenvalue weighted by Gasteiger charge is 2.14. The molecule has 5 aromatic rings. The number of ether oxygens (including phenoxy) is 1. The van der Waals surface area contributed by atoms with Crippen molar-refractivity contribution in [3.63, 3.8) is 0 Å². The van der Waals surface area contributed by atoms with E-state index >= 15 is 0 Å². The molecule has 0 unspecified atom stereocenters. The van der Waals surface area contributed by atoms with Gasteiger partial charge in [0.2, 0.25) is 5.82 Å². The van der Waals surface area contributed by atoms with Gasteiger partial charge in [0.1, 0.15) is 11.4 Å². The molecule has 174 valence electrons. The summed E-state index contributed by atoms with van der Waals surface area (Å²) in [5.41, 5.74) is 4.96. The van der Waals surface area contributed by atoms with Crippen LogP contribution in [-0.2, 0) is 6.54 Å². The highest BCUT2D eigenvalue weighted by molar-refractivity contribution is 6.04. The maximum absolute atomic E-state index is 12.5. The zero-order valence-electron chi connectivity index (χ0n) is 19.3. The summed E-state index contributed by atoms with van der Waals surface area (Å²) < 4.78 is 12.5. The Morgan fingerprint density at radius 1 is 1.03 bits per heavy atom. The van der Waals surface area contributed by atoms with Crippen LogP contribution in [0.25, 0.3) is 23.0 Å². The minimum atomic E-state index is -0.177. The van der Waals surface area contributed by atoms with E-state index in [-0.39, 0.29) is 5.91 Å². The van der Waals surface area contributed by atoms with Gasteiger partial charge in [-0.1, -0.05) is 41.6 Å². The van der Waals surface area contributed by atoms with Gasteiger partial charge in [-0.05, 0) is 54.4 Å². The Kier molecular flexibility index (Phi) is 6.09. The largest absolute Gasteiger partial charge is 0.497 e. The van der Waals surface area contributed by atoms with Gasteiger partial charge in [-0.3, -0.25) is 4.79 Å². The van der Waals surface area contributed by atoms with Crippen molar-refractivity contribution in [3.05, 3.63) is 102 Å². The number of nitrogens with zero attached hydrogens (tertiary/aromatic N) is 4. The lowest BCUT2D eigenvalue weighted by Crippen LogP contribution is -2.11. The van der Waals surface area contributed by atoms with Gasteiger partial charge in [0, 0.05) is 29.6 Å².